The van der Waals surface area contributed by atoms with E-state index in [1.54, 1.807) is 0 Å². The van der Waals surface area contributed by atoms with Crippen molar-refractivity contribution in [3.05, 3.63) is 23.8 Å². The molecule has 0 saturated heterocycles. The molecule has 0 fully saturated rings. The van der Waals surface area contributed by atoms with Gasteiger partial charge in [-0.05, 0) is 43.4 Å². The molecule has 0 saturated carbocycles. The van der Waals surface area contributed by atoms with E-state index in [1.807, 2.05) is 0 Å². The van der Waals surface area contributed by atoms with Crippen molar-refractivity contribution in [2.45, 2.75) is 271 Å². The van der Waals surface area contributed by atoms with Crippen LogP contribution in [0.15, 0.2) is 18.2 Å². The topological polar surface area (TPSA) is 18.5 Å². The first-order valence-corrected chi connectivity index (χ1v) is 24.2. The molecule has 0 spiro atoms. The van der Waals surface area contributed by atoms with E-state index in [9.17, 15) is 0 Å². The minimum Gasteiger partial charge on any atom is -0.493 e. The molecule has 0 unspecified atom stereocenters. The maximum Gasteiger partial charge on any atom is 0.123 e. The molecule has 1 rings (SSSR count). The SMILES string of the molecule is CCCCCCCCCCCCCCCCCCCCOc1cc(CCCC)cc(OCCCCCCCCCCCCCCCCCCCC)c1. The first-order chi connectivity index (χ1) is 25.8. The Bertz CT molecular complexity index is 758. The van der Waals surface area contributed by atoms with Gasteiger partial charge in [0.05, 0.1) is 13.2 Å². The van der Waals surface area contributed by atoms with Gasteiger partial charge in [0.1, 0.15) is 11.5 Å². The summed E-state index contributed by atoms with van der Waals surface area (Å²) < 4.78 is 12.5. The van der Waals surface area contributed by atoms with Crippen LogP contribution in [-0.2, 0) is 6.42 Å². The minimum absolute atomic E-state index is 0.828. The van der Waals surface area contributed by atoms with Crippen LogP contribution in [-0.4, -0.2) is 13.2 Å². The third kappa shape index (κ3) is 34.6. The highest BCUT2D eigenvalue weighted by molar-refractivity contribution is 5.38. The Morgan fingerprint density at radius 1 is 0.269 bits per heavy atom. The molecular formula is C50H94O2. The van der Waals surface area contributed by atoms with Gasteiger partial charge in [-0.3, -0.25) is 0 Å². The molecule has 2 nitrogen and oxygen atoms in total. The van der Waals surface area contributed by atoms with Crippen LogP contribution >= 0.6 is 0 Å². The molecular weight excluding hydrogens is 633 g/mol. The van der Waals surface area contributed by atoms with Gasteiger partial charge in [-0.25, -0.2) is 0 Å². The highest BCUT2D eigenvalue weighted by atomic mass is 16.5. The second-order valence-corrected chi connectivity index (χ2v) is 16.6. The van der Waals surface area contributed by atoms with Crippen molar-refractivity contribution in [3.63, 3.8) is 0 Å². The minimum atomic E-state index is 0.828. The third-order valence-electron chi connectivity index (χ3n) is 11.3. The van der Waals surface area contributed by atoms with Gasteiger partial charge < -0.3 is 9.47 Å². The lowest BCUT2D eigenvalue weighted by molar-refractivity contribution is 0.289. The fourth-order valence-electron chi connectivity index (χ4n) is 7.71. The van der Waals surface area contributed by atoms with Crippen LogP contribution < -0.4 is 9.47 Å². The number of hydrogen-bond donors (Lipinski definition) is 0. The Morgan fingerprint density at radius 3 is 0.750 bits per heavy atom. The first kappa shape index (κ1) is 48.8. The molecule has 306 valence electrons. The highest BCUT2D eigenvalue weighted by Crippen LogP contribution is 2.25. The van der Waals surface area contributed by atoms with Crippen LogP contribution in [0.5, 0.6) is 11.5 Å². The van der Waals surface area contributed by atoms with Gasteiger partial charge in [0.25, 0.3) is 0 Å². The zero-order valence-electron chi connectivity index (χ0n) is 36.0. The summed E-state index contributed by atoms with van der Waals surface area (Å²) in [5, 5.41) is 0. The smallest absolute Gasteiger partial charge is 0.123 e. The molecule has 0 atom stereocenters. The van der Waals surface area contributed by atoms with Gasteiger partial charge in [-0.15, -0.1) is 0 Å². The van der Waals surface area contributed by atoms with E-state index in [1.165, 1.54) is 237 Å². The molecule has 0 radical (unpaired) electrons. The summed E-state index contributed by atoms with van der Waals surface area (Å²) in [6, 6.07) is 6.65. The summed E-state index contributed by atoms with van der Waals surface area (Å²) in [5.74, 6) is 2.02. The maximum atomic E-state index is 6.26. The lowest BCUT2D eigenvalue weighted by Gasteiger charge is -2.13. The lowest BCUT2D eigenvalue weighted by atomic mass is 10.0. The van der Waals surface area contributed by atoms with Crippen molar-refractivity contribution in [2.24, 2.45) is 0 Å². The number of hydrogen-bond acceptors (Lipinski definition) is 2. The quantitative estimate of drug-likeness (QED) is 0.0624. The summed E-state index contributed by atoms with van der Waals surface area (Å²) in [4.78, 5) is 0. The molecule has 0 amide bonds. The summed E-state index contributed by atoms with van der Waals surface area (Å²) in [5.41, 5.74) is 1.37. The van der Waals surface area contributed by atoms with Crippen LogP contribution in [0.3, 0.4) is 0 Å². The number of unbranched alkanes of at least 4 members (excludes halogenated alkanes) is 35. The van der Waals surface area contributed by atoms with E-state index in [2.05, 4.69) is 39.0 Å². The maximum absolute atomic E-state index is 6.26. The van der Waals surface area contributed by atoms with E-state index in [0.29, 0.717) is 0 Å². The second kappa shape index (κ2) is 41.0. The van der Waals surface area contributed by atoms with Gasteiger partial charge in [-0.2, -0.15) is 0 Å². The van der Waals surface area contributed by atoms with Crippen LogP contribution in [0.25, 0.3) is 0 Å². The molecule has 0 aromatic heterocycles. The van der Waals surface area contributed by atoms with E-state index in [4.69, 9.17) is 9.47 Å². The van der Waals surface area contributed by atoms with Gasteiger partial charge >= 0.3 is 0 Å². The van der Waals surface area contributed by atoms with E-state index in [-0.39, 0.29) is 0 Å². The van der Waals surface area contributed by atoms with Crippen molar-refractivity contribution in [2.75, 3.05) is 13.2 Å². The Morgan fingerprint density at radius 2 is 0.500 bits per heavy atom. The number of aryl methyl sites for hydroxylation is 1. The Labute approximate surface area is 328 Å². The predicted molar refractivity (Wildman–Crippen MR) is 234 cm³/mol. The van der Waals surface area contributed by atoms with Crippen molar-refractivity contribution in [3.8, 4) is 11.5 Å². The van der Waals surface area contributed by atoms with Gasteiger partial charge in [0, 0.05) is 6.07 Å². The molecule has 0 bridgehead atoms. The Balaban J connectivity index is 2.00. The summed E-state index contributed by atoms with van der Waals surface area (Å²) >= 11 is 0. The molecule has 0 aliphatic carbocycles. The van der Waals surface area contributed by atoms with E-state index in [0.717, 1.165) is 44.0 Å². The highest BCUT2D eigenvalue weighted by Gasteiger charge is 2.05. The summed E-state index contributed by atoms with van der Waals surface area (Å²) in [6.45, 7) is 8.54. The first-order valence-electron chi connectivity index (χ1n) is 24.2. The normalized spacial score (nSPS) is 11.4. The van der Waals surface area contributed by atoms with Gasteiger partial charge in [0.2, 0.25) is 0 Å². The molecule has 0 N–H and O–H groups in total. The molecule has 2 heteroatoms. The molecule has 0 aliphatic rings. The number of ether oxygens (including phenoxy) is 2. The molecule has 0 aliphatic heterocycles. The van der Waals surface area contributed by atoms with Crippen LogP contribution in [0.1, 0.15) is 270 Å². The average molecular weight is 727 g/mol. The fraction of sp³-hybridized carbons (Fsp3) is 0.880. The third-order valence-corrected chi connectivity index (χ3v) is 11.3. The predicted octanol–water partition coefficient (Wildman–Crippen LogP) is 17.9. The molecule has 52 heavy (non-hydrogen) atoms. The van der Waals surface area contributed by atoms with Gasteiger partial charge in [0.15, 0.2) is 0 Å². The largest absolute Gasteiger partial charge is 0.493 e. The van der Waals surface area contributed by atoms with Crippen LogP contribution in [0.2, 0.25) is 0 Å². The van der Waals surface area contributed by atoms with E-state index < -0.39 is 0 Å². The Kier molecular flexibility index (Phi) is 38.5. The van der Waals surface area contributed by atoms with E-state index >= 15 is 0 Å². The molecule has 1 aromatic rings. The zero-order valence-corrected chi connectivity index (χ0v) is 36.0. The van der Waals surface area contributed by atoms with Crippen LogP contribution in [0, 0.1) is 0 Å². The standard InChI is InChI=1S/C50H94O2/c1-4-7-10-12-14-16-18-20-22-24-26-28-30-32-34-36-38-40-43-51-49-45-48(42-9-6-3)46-50(47-49)52-44-41-39-37-35-33-31-29-27-25-23-21-19-17-15-13-11-8-5-2/h45-47H,4-44H2,1-3H3. The van der Waals surface area contributed by atoms with Crippen molar-refractivity contribution < 1.29 is 9.47 Å². The number of benzene rings is 1. The van der Waals surface area contributed by atoms with Gasteiger partial charge in [-0.1, -0.05) is 245 Å². The number of rotatable bonds is 43. The van der Waals surface area contributed by atoms with Crippen molar-refractivity contribution >= 4 is 0 Å². The molecule has 0 heterocycles. The lowest BCUT2D eigenvalue weighted by Crippen LogP contribution is -2.01. The summed E-state index contributed by atoms with van der Waals surface area (Å²) in [7, 11) is 0. The van der Waals surface area contributed by atoms with Crippen LogP contribution in [0.4, 0.5) is 0 Å². The molecule has 1 aromatic carbocycles. The average Bonchev–Trinajstić information content (AvgIpc) is 3.15. The second-order valence-electron chi connectivity index (χ2n) is 16.6. The van der Waals surface area contributed by atoms with Crippen molar-refractivity contribution in [1.29, 1.82) is 0 Å². The zero-order chi connectivity index (χ0) is 37.3. The Hall–Kier alpha value is -1.18. The summed E-state index contributed by atoms with van der Waals surface area (Å²) in [6.07, 6.45) is 54.4. The monoisotopic (exact) mass is 727 g/mol. The fourth-order valence-corrected chi connectivity index (χ4v) is 7.71. The van der Waals surface area contributed by atoms with Crippen molar-refractivity contribution in [1.82, 2.24) is 0 Å².